The fourth-order valence-corrected chi connectivity index (χ4v) is 2.89. The van der Waals surface area contributed by atoms with Gasteiger partial charge in [0.15, 0.2) is 0 Å². The summed E-state index contributed by atoms with van der Waals surface area (Å²) in [5, 5.41) is 8.82. The molecular weight excluding hydrogens is 450 g/mol. The zero-order chi connectivity index (χ0) is 18.7. The number of nitrogens with two attached hydrogens (primary N) is 1. The lowest BCUT2D eigenvalue weighted by Gasteiger charge is -2.24. The van der Waals surface area contributed by atoms with Crippen molar-refractivity contribution < 1.29 is 18.0 Å². The third-order valence-electron chi connectivity index (χ3n) is 3.29. The first-order chi connectivity index (χ1) is 11.7. The van der Waals surface area contributed by atoms with E-state index in [9.17, 15) is 18.0 Å². The molecule has 4 N–H and O–H groups in total. The highest BCUT2D eigenvalue weighted by molar-refractivity contribution is 14.1. The number of rotatable bonds is 1. The Labute approximate surface area is 154 Å². The van der Waals surface area contributed by atoms with E-state index in [1.165, 1.54) is 18.3 Å². The lowest BCUT2D eigenvalue weighted by Crippen LogP contribution is -2.51. The largest absolute Gasteiger partial charge is 0.426 e. The average molecular weight is 461 g/mol. The summed E-state index contributed by atoms with van der Waals surface area (Å²) >= 11 is 1.74. The van der Waals surface area contributed by atoms with Gasteiger partial charge in [-0.1, -0.05) is 18.2 Å². The zero-order valence-corrected chi connectivity index (χ0v) is 14.6. The van der Waals surface area contributed by atoms with E-state index in [2.05, 4.69) is 10.4 Å². The fraction of sp³-hybridized carbons (Fsp3) is 0.133. The lowest BCUT2D eigenvalue weighted by molar-refractivity contribution is -0.178. The van der Waals surface area contributed by atoms with Crippen LogP contribution in [0.5, 0.6) is 0 Å². The van der Waals surface area contributed by atoms with Crippen LogP contribution < -0.4 is 16.6 Å². The van der Waals surface area contributed by atoms with E-state index in [1.54, 1.807) is 46.9 Å². The molecule has 2 aromatic rings. The molecule has 0 saturated heterocycles. The van der Waals surface area contributed by atoms with E-state index in [1.807, 2.05) is 11.5 Å². The van der Waals surface area contributed by atoms with E-state index < -0.39 is 11.7 Å². The number of alkyl halides is 3. The molecule has 0 bridgehead atoms. The number of hydrogen-bond acceptors (Lipinski definition) is 5. The molecule has 1 aliphatic heterocycles. The van der Waals surface area contributed by atoms with Crippen LogP contribution in [0.2, 0.25) is 0 Å². The number of amides is 1. The Kier molecular flexibility index (Phi) is 5.48. The van der Waals surface area contributed by atoms with E-state index >= 15 is 0 Å². The summed E-state index contributed by atoms with van der Waals surface area (Å²) in [7, 11) is 0. The first-order valence-corrected chi connectivity index (χ1v) is 7.82. The molecule has 0 radical (unpaired) electrons. The number of fused-ring (bicyclic) bond motifs is 1. The summed E-state index contributed by atoms with van der Waals surface area (Å²) in [6.45, 7) is 0. The van der Waals surface area contributed by atoms with Crippen LogP contribution in [0.3, 0.4) is 0 Å². The number of carbonyl (C=O) groups is 1. The highest BCUT2D eigenvalue weighted by atomic mass is 127. The number of nitriles is 1. The van der Waals surface area contributed by atoms with Crippen molar-refractivity contribution in [2.45, 2.75) is 11.7 Å². The van der Waals surface area contributed by atoms with E-state index in [0.29, 0.717) is 9.13 Å². The topological polar surface area (TPSA) is 104 Å². The Bertz CT molecular complexity index is 822. The summed E-state index contributed by atoms with van der Waals surface area (Å²) < 4.78 is 39.1. The predicted octanol–water partition coefficient (Wildman–Crippen LogP) is 2.68. The molecule has 1 aromatic heterocycles. The van der Waals surface area contributed by atoms with Crippen LogP contribution in [0, 0.1) is 14.9 Å². The van der Waals surface area contributed by atoms with Crippen LogP contribution in [0.4, 0.5) is 19.0 Å². The molecule has 25 heavy (non-hydrogen) atoms. The minimum absolute atomic E-state index is 0.0331. The number of pyridine rings is 1. The van der Waals surface area contributed by atoms with Gasteiger partial charge in [0, 0.05) is 15.3 Å². The highest BCUT2D eigenvalue weighted by Crippen LogP contribution is 2.45. The van der Waals surface area contributed by atoms with Crippen molar-refractivity contribution in [1.29, 1.82) is 5.26 Å². The molecule has 10 heteroatoms. The minimum atomic E-state index is -4.72. The van der Waals surface area contributed by atoms with Crippen molar-refractivity contribution in [3.63, 3.8) is 0 Å². The Hall–Kier alpha value is -2.39. The highest BCUT2D eigenvalue weighted by Gasteiger charge is 2.62. The number of hydrogen-bond donors (Lipinski definition) is 3. The smallest absolute Gasteiger partial charge is 0.366 e. The summed E-state index contributed by atoms with van der Waals surface area (Å²) in [6, 6.07) is 11.5. The van der Waals surface area contributed by atoms with E-state index in [0.717, 1.165) is 0 Å². The van der Waals surface area contributed by atoms with E-state index in [-0.39, 0.29) is 17.3 Å². The molecule has 6 nitrogen and oxygen atoms in total. The van der Waals surface area contributed by atoms with Gasteiger partial charge in [-0.05, 0) is 40.8 Å². The van der Waals surface area contributed by atoms with Gasteiger partial charge in [-0.25, -0.2) is 10.4 Å². The molecular formula is C15H11F3IN5O. The zero-order valence-electron chi connectivity index (χ0n) is 12.4. The Balaban J connectivity index is 0.000000212. The van der Waals surface area contributed by atoms with Crippen LogP contribution in [0.1, 0.15) is 15.9 Å². The normalized spacial score (nSPS) is 18.2. The quantitative estimate of drug-likeness (QED) is 0.567. The SMILES string of the molecule is N#CC1(C(F)(F)F)NNc2nccc(I)c21.NC(=O)c1ccccc1. The average Bonchev–Trinajstić information content (AvgIpc) is 2.97. The second-order valence-corrected chi connectivity index (χ2v) is 6.02. The van der Waals surface area contributed by atoms with Crippen molar-refractivity contribution in [3.8, 4) is 6.07 Å². The van der Waals surface area contributed by atoms with Crippen molar-refractivity contribution >= 4 is 34.3 Å². The Morgan fingerprint density at radius 3 is 2.40 bits per heavy atom. The van der Waals surface area contributed by atoms with Crippen molar-refractivity contribution in [2.75, 3.05) is 5.43 Å². The maximum atomic E-state index is 12.9. The van der Waals surface area contributed by atoms with E-state index in [4.69, 9.17) is 11.0 Å². The second-order valence-electron chi connectivity index (χ2n) is 4.86. The van der Waals surface area contributed by atoms with Crippen molar-refractivity contribution in [1.82, 2.24) is 10.4 Å². The minimum Gasteiger partial charge on any atom is -0.366 e. The standard InChI is InChI=1S/C8H4F3IN4.C7H7NO/c9-8(10,11)7(3-13)5-4(12)1-2-14-6(5)15-16-7;8-7(9)6-4-2-1-3-5-6/h1-2,16H,(H,14,15);1-5H,(H2,8,9). The van der Waals surface area contributed by atoms with Crippen LogP contribution >= 0.6 is 22.6 Å². The molecule has 0 saturated carbocycles. The second kappa shape index (κ2) is 7.24. The molecule has 1 amide bonds. The van der Waals surface area contributed by atoms with Gasteiger partial charge in [-0.15, -0.1) is 0 Å². The number of anilines is 1. The van der Waals surface area contributed by atoms with Crippen LogP contribution in [0.15, 0.2) is 42.6 Å². The predicted molar refractivity (Wildman–Crippen MR) is 92.0 cm³/mol. The molecule has 2 heterocycles. The summed E-state index contributed by atoms with van der Waals surface area (Å²) in [4.78, 5) is 14.2. The molecule has 3 rings (SSSR count). The number of primary amides is 1. The lowest BCUT2D eigenvalue weighted by atomic mass is 9.93. The van der Waals surface area contributed by atoms with Gasteiger partial charge < -0.3 is 11.2 Å². The maximum absolute atomic E-state index is 12.9. The third kappa shape index (κ3) is 3.67. The van der Waals surface area contributed by atoms with Gasteiger partial charge in [0.1, 0.15) is 11.9 Å². The van der Waals surface area contributed by atoms with Gasteiger partial charge in [0.2, 0.25) is 11.4 Å². The molecule has 1 unspecified atom stereocenters. The monoisotopic (exact) mass is 461 g/mol. The number of halogens is 4. The van der Waals surface area contributed by atoms with Crippen molar-refractivity contribution in [2.24, 2.45) is 5.73 Å². The number of benzene rings is 1. The maximum Gasteiger partial charge on any atom is 0.426 e. The first kappa shape index (κ1) is 18.9. The summed E-state index contributed by atoms with van der Waals surface area (Å²) in [5.41, 5.74) is 6.87. The Morgan fingerprint density at radius 1 is 1.28 bits per heavy atom. The molecule has 0 fully saturated rings. The van der Waals surface area contributed by atoms with Gasteiger partial charge in [0.25, 0.3) is 0 Å². The molecule has 0 spiro atoms. The first-order valence-electron chi connectivity index (χ1n) is 6.74. The third-order valence-corrected chi connectivity index (χ3v) is 4.19. The van der Waals surface area contributed by atoms with Gasteiger partial charge >= 0.3 is 6.18 Å². The summed E-state index contributed by atoms with van der Waals surface area (Å²) in [6.07, 6.45) is -3.35. The number of hydrazine groups is 1. The Morgan fingerprint density at radius 2 is 1.92 bits per heavy atom. The van der Waals surface area contributed by atoms with Crippen LogP contribution in [-0.2, 0) is 5.54 Å². The summed E-state index contributed by atoms with van der Waals surface area (Å²) in [5.74, 6) is -0.346. The molecule has 130 valence electrons. The fourth-order valence-electron chi connectivity index (χ4n) is 2.07. The van der Waals surface area contributed by atoms with Crippen molar-refractivity contribution in [3.05, 3.63) is 57.3 Å². The number of nitrogens with one attached hydrogen (secondary N) is 2. The number of aromatic nitrogens is 1. The number of carbonyl (C=O) groups excluding carboxylic acids is 1. The van der Waals surface area contributed by atoms with Gasteiger partial charge in [0.05, 0.1) is 5.56 Å². The molecule has 1 aliphatic rings. The van der Waals surface area contributed by atoms with Gasteiger partial charge in [-0.3, -0.25) is 4.79 Å². The number of nitrogens with zero attached hydrogens (tertiary/aromatic N) is 2. The van der Waals surface area contributed by atoms with Crippen LogP contribution in [-0.4, -0.2) is 17.1 Å². The van der Waals surface area contributed by atoms with Crippen LogP contribution in [0.25, 0.3) is 0 Å². The molecule has 1 atom stereocenters. The van der Waals surface area contributed by atoms with Gasteiger partial charge in [-0.2, -0.15) is 18.4 Å². The molecule has 1 aromatic carbocycles. The molecule has 0 aliphatic carbocycles.